The second-order valence-corrected chi connectivity index (χ2v) is 8.75. The summed E-state index contributed by atoms with van der Waals surface area (Å²) in [5, 5.41) is 22.3. The minimum atomic E-state index is -2.76. The number of halogens is 3. The van der Waals surface area contributed by atoms with Crippen LogP contribution in [0.25, 0.3) is 0 Å². The van der Waals surface area contributed by atoms with Gasteiger partial charge >= 0.3 is 5.97 Å². The van der Waals surface area contributed by atoms with E-state index in [-0.39, 0.29) is 33.5 Å². The quantitative estimate of drug-likeness (QED) is 0.398. The lowest BCUT2D eigenvalue weighted by Gasteiger charge is -2.39. The first-order chi connectivity index (χ1) is 16.7. The minimum Gasteiger partial charge on any atom is -0.481 e. The summed E-state index contributed by atoms with van der Waals surface area (Å²) in [6, 6.07) is 14.4. The van der Waals surface area contributed by atoms with Gasteiger partial charge in [0.25, 0.3) is 6.43 Å². The molecule has 1 aliphatic carbocycles. The number of carbonyl (C=O) groups excluding carboxylic acids is 1. The molecule has 2 heterocycles. The number of nitrogens with zero attached hydrogens (tertiary/aromatic N) is 1. The van der Waals surface area contributed by atoms with Crippen molar-refractivity contribution in [3.63, 3.8) is 0 Å². The molecule has 4 atom stereocenters. The van der Waals surface area contributed by atoms with Gasteiger partial charge in [-0.1, -0.05) is 66.2 Å². The molecule has 0 unspecified atom stereocenters. The van der Waals surface area contributed by atoms with Gasteiger partial charge in [-0.15, -0.1) is 0 Å². The van der Waals surface area contributed by atoms with Gasteiger partial charge in [-0.05, 0) is 11.1 Å². The number of aliphatic carboxylic acids is 1. The number of Topliss-reactive ketones (excluding diaryl/α,β-unsaturated/α-hetero) is 1. The van der Waals surface area contributed by atoms with Crippen molar-refractivity contribution in [2.75, 3.05) is 7.11 Å². The molecule has 1 saturated carbocycles. The first-order valence-corrected chi connectivity index (χ1v) is 10.9. The van der Waals surface area contributed by atoms with Crippen molar-refractivity contribution in [2.24, 2.45) is 5.92 Å². The van der Waals surface area contributed by atoms with Gasteiger partial charge in [-0.2, -0.15) is 0 Å². The Balaban J connectivity index is 1.88. The van der Waals surface area contributed by atoms with Gasteiger partial charge in [0.2, 0.25) is 11.5 Å². The number of ketones is 1. The number of hydrogen-bond donors (Lipinski definition) is 2. The van der Waals surface area contributed by atoms with Crippen LogP contribution in [0.4, 0.5) is 8.78 Å². The summed E-state index contributed by atoms with van der Waals surface area (Å²) in [7, 11) is 1.25. The maximum absolute atomic E-state index is 13.9. The highest BCUT2D eigenvalue weighted by atomic mass is 35.5. The summed E-state index contributed by atoms with van der Waals surface area (Å²) in [6.45, 7) is 0. The number of pyridine rings is 1. The lowest BCUT2D eigenvalue weighted by Crippen LogP contribution is -2.50. The van der Waals surface area contributed by atoms with E-state index in [1.54, 1.807) is 30.3 Å². The van der Waals surface area contributed by atoms with Crippen LogP contribution >= 0.6 is 11.6 Å². The molecule has 2 aromatic carbocycles. The van der Waals surface area contributed by atoms with Crippen molar-refractivity contribution in [2.45, 2.75) is 23.5 Å². The molecular weight excluding hydrogens is 484 g/mol. The molecular formula is C25H18ClF2NO6. The highest BCUT2D eigenvalue weighted by Gasteiger charge is 2.79. The zero-order chi connectivity index (χ0) is 25.1. The van der Waals surface area contributed by atoms with Crippen molar-refractivity contribution in [3.05, 3.63) is 88.1 Å². The van der Waals surface area contributed by atoms with Gasteiger partial charge in [0.15, 0.2) is 11.4 Å². The number of hydrogen-bond acceptors (Lipinski definition) is 6. The monoisotopic (exact) mass is 501 g/mol. The third-order valence-electron chi connectivity index (χ3n) is 6.71. The van der Waals surface area contributed by atoms with Gasteiger partial charge in [0.05, 0.1) is 18.6 Å². The molecule has 0 spiro atoms. The molecule has 0 amide bonds. The third kappa shape index (κ3) is 3.01. The van der Waals surface area contributed by atoms with E-state index in [4.69, 9.17) is 21.1 Å². The van der Waals surface area contributed by atoms with Crippen molar-refractivity contribution in [3.8, 4) is 11.6 Å². The average molecular weight is 502 g/mol. The van der Waals surface area contributed by atoms with Crippen molar-refractivity contribution >= 4 is 23.4 Å². The molecule has 180 valence electrons. The van der Waals surface area contributed by atoms with E-state index in [0.717, 1.165) is 12.1 Å². The Morgan fingerprint density at radius 3 is 2.40 bits per heavy atom. The van der Waals surface area contributed by atoms with Crippen LogP contribution in [-0.4, -0.2) is 34.1 Å². The Morgan fingerprint density at radius 1 is 1.17 bits per heavy atom. The molecule has 1 aliphatic heterocycles. The Morgan fingerprint density at radius 2 is 1.83 bits per heavy atom. The van der Waals surface area contributed by atoms with E-state index in [9.17, 15) is 28.6 Å². The van der Waals surface area contributed by atoms with E-state index < -0.39 is 41.2 Å². The fourth-order valence-corrected chi connectivity index (χ4v) is 5.51. The normalized spacial score (nSPS) is 26.9. The van der Waals surface area contributed by atoms with Crippen LogP contribution < -0.4 is 9.47 Å². The summed E-state index contributed by atoms with van der Waals surface area (Å²) in [5.41, 5.74) is -4.56. The fraction of sp³-hybridized carbons (Fsp3) is 0.240. The number of aliphatic hydroxyl groups is 1. The van der Waals surface area contributed by atoms with Crippen LogP contribution in [0, 0.1) is 5.92 Å². The predicted octanol–water partition coefficient (Wildman–Crippen LogP) is 4.22. The summed E-state index contributed by atoms with van der Waals surface area (Å²) in [6.07, 6.45) is -2.76. The fourth-order valence-electron chi connectivity index (χ4n) is 5.34. The van der Waals surface area contributed by atoms with E-state index in [2.05, 4.69) is 4.98 Å². The molecule has 0 radical (unpaired) electrons. The third-order valence-corrected chi connectivity index (χ3v) is 6.90. The summed E-state index contributed by atoms with van der Waals surface area (Å²) in [4.78, 5) is 30.3. The molecule has 2 aliphatic rings. The molecule has 0 bridgehead atoms. The molecule has 7 nitrogen and oxygen atoms in total. The number of alkyl halides is 2. The average Bonchev–Trinajstić information content (AvgIpc) is 3.22. The topological polar surface area (TPSA) is 106 Å². The standard InChI is InChI=1S/C25H18ClF2NO6/c1-34-22-19-15(11-16(26)29-22)35-25(14-9-7-13(8-10-14)21(27)28)18(12-5-3-2-4-6-12)17(23(31)32)20(30)24(19,25)33/h2-11,17-18,21,33H,1H3,(H,31,32)/t17-,18-,24+,25+/m1/s1. The number of rotatable bonds is 5. The number of benzene rings is 2. The maximum Gasteiger partial charge on any atom is 0.314 e. The Labute approximate surface area is 202 Å². The molecule has 5 rings (SSSR count). The van der Waals surface area contributed by atoms with Crippen LogP contribution in [-0.2, 0) is 20.8 Å². The van der Waals surface area contributed by atoms with Gasteiger partial charge in [0, 0.05) is 11.6 Å². The summed E-state index contributed by atoms with van der Waals surface area (Å²) < 4.78 is 38.2. The minimum absolute atomic E-state index is 0.0274. The molecule has 1 aromatic heterocycles. The Hall–Kier alpha value is -3.56. The first-order valence-electron chi connectivity index (χ1n) is 10.5. The predicted molar refractivity (Wildman–Crippen MR) is 119 cm³/mol. The molecule has 1 fully saturated rings. The second-order valence-electron chi connectivity index (χ2n) is 8.37. The molecule has 10 heteroatoms. The van der Waals surface area contributed by atoms with Gasteiger partial charge in [-0.3, -0.25) is 9.59 Å². The van der Waals surface area contributed by atoms with Crippen molar-refractivity contribution in [1.82, 2.24) is 4.98 Å². The Bertz CT molecular complexity index is 1340. The van der Waals surface area contributed by atoms with E-state index >= 15 is 0 Å². The zero-order valence-corrected chi connectivity index (χ0v) is 18.9. The molecule has 0 saturated heterocycles. The van der Waals surface area contributed by atoms with Gasteiger partial charge in [0.1, 0.15) is 16.8 Å². The number of ether oxygens (including phenoxy) is 2. The van der Waals surface area contributed by atoms with Crippen LogP contribution in [0.1, 0.15) is 34.6 Å². The SMILES string of the molecule is COc1nc(Cl)cc2c1[C@]1(O)C(=O)[C@H](C(=O)O)[C@@H](c3ccccc3)[C@]1(c1ccc(C(F)F)cc1)O2. The van der Waals surface area contributed by atoms with Crippen LogP contribution in [0.15, 0.2) is 60.7 Å². The highest BCUT2D eigenvalue weighted by molar-refractivity contribution is 6.29. The zero-order valence-electron chi connectivity index (χ0n) is 18.1. The largest absolute Gasteiger partial charge is 0.481 e. The van der Waals surface area contributed by atoms with E-state index in [1.165, 1.54) is 25.3 Å². The lowest BCUT2D eigenvalue weighted by molar-refractivity contribution is -0.154. The number of fused-ring (bicyclic) bond motifs is 3. The van der Waals surface area contributed by atoms with Crippen molar-refractivity contribution in [1.29, 1.82) is 0 Å². The van der Waals surface area contributed by atoms with Crippen LogP contribution in [0.2, 0.25) is 5.15 Å². The first kappa shape index (κ1) is 23.2. The lowest BCUT2D eigenvalue weighted by atomic mass is 9.71. The van der Waals surface area contributed by atoms with Crippen LogP contribution in [0.3, 0.4) is 0 Å². The number of carbonyl (C=O) groups is 2. The number of aromatic nitrogens is 1. The van der Waals surface area contributed by atoms with Gasteiger partial charge in [-0.25, -0.2) is 13.8 Å². The smallest absolute Gasteiger partial charge is 0.314 e. The van der Waals surface area contributed by atoms with E-state index in [0.29, 0.717) is 5.56 Å². The molecule has 35 heavy (non-hydrogen) atoms. The maximum atomic E-state index is 13.9. The number of methoxy groups -OCH3 is 1. The van der Waals surface area contributed by atoms with E-state index in [1.807, 2.05) is 0 Å². The van der Waals surface area contributed by atoms with Gasteiger partial charge < -0.3 is 19.7 Å². The second kappa shape index (κ2) is 8.00. The number of carboxylic acid groups (broad SMARTS) is 1. The summed E-state index contributed by atoms with van der Waals surface area (Å²) in [5.74, 6) is -5.73. The van der Waals surface area contributed by atoms with Crippen LogP contribution in [0.5, 0.6) is 11.6 Å². The highest BCUT2D eigenvalue weighted by Crippen LogP contribution is 2.68. The summed E-state index contributed by atoms with van der Waals surface area (Å²) >= 11 is 6.11. The Kier molecular flexibility index (Phi) is 5.30. The van der Waals surface area contributed by atoms with Crippen molar-refractivity contribution < 1.29 is 38.1 Å². The molecule has 2 N–H and O–H groups in total. The number of carboxylic acids is 1. The molecule has 3 aromatic rings.